The minimum Gasteiger partial charge on any atom is -0.464 e. The summed E-state index contributed by atoms with van der Waals surface area (Å²) < 4.78 is 4.77. The molecule has 58 valence electrons. The molecule has 5 heteroatoms. The van der Waals surface area contributed by atoms with Gasteiger partial charge in [-0.2, -0.15) is 0 Å². The monoisotopic (exact) mass is 208 g/mol. The first kappa shape index (κ1) is 9.29. The molecule has 0 aliphatic heterocycles. The molecule has 0 aliphatic carbocycles. The van der Waals surface area contributed by atoms with Crippen LogP contribution in [0.1, 0.15) is 0 Å². The first-order valence-electron chi connectivity index (χ1n) is 2.54. The third-order valence-electron chi connectivity index (χ3n) is 0.861. The lowest BCUT2D eigenvalue weighted by atomic mass is 10.5. The van der Waals surface area contributed by atoms with Crippen LogP contribution in [-0.4, -0.2) is 20.1 Å². The van der Waals surface area contributed by atoms with Crippen LogP contribution in [-0.2, 0) is 9.53 Å². The predicted octanol–water partition coefficient (Wildman–Crippen LogP) is -0.0985. The fourth-order valence-electron chi connectivity index (χ4n) is 0.334. The Balaban J connectivity index is 4.30. The van der Waals surface area contributed by atoms with Gasteiger partial charge in [-0.25, -0.2) is 4.79 Å². The Labute approximate surface area is 67.5 Å². The number of nitrogens with two attached hydrogens (primary N) is 1. The standard InChI is InChI=1S/C5H9BrN2O2/c1-8-4(6)3(7)5(9)10-2/h8H,7H2,1-2H3/b4-3-. The molecule has 0 unspecified atom stereocenters. The van der Waals surface area contributed by atoms with Gasteiger partial charge in [-0.05, 0) is 15.9 Å². The third-order valence-corrected chi connectivity index (χ3v) is 1.68. The van der Waals surface area contributed by atoms with E-state index in [0.29, 0.717) is 4.61 Å². The van der Waals surface area contributed by atoms with Crippen molar-refractivity contribution in [2.45, 2.75) is 0 Å². The van der Waals surface area contributed by atoms with Crippen LogP contribution in [0.15, 0.2) is 10.3 Å². The number of methoxy groups -OCH3 is 1. The average Bonchev–Trinajstić information content (AvgIpc) is 2.00. The minimum absolute atomic E-state index is 0.0324. The number of carbonyl (C=O) groups excluding carboxylic acids is 1. The molecule has 0 spiro atoms. The number of halogens is 1. The van der Waals surface area contributed by atoms with Gasteiger partial charge >= 0.3 is 5.97 Å². The normalized spacial score (nSPS) is 11.9. The van der Waals surface area contributed by atoms with Gasteiger partial charge in [0.1, 0.15) is 10.3 Å². The van der Waals surface area contributed by atoms with Gasteiger partial charge in [0.15, 0.2) is 0 Å². The van der Waals surface area contributed by atoms with E-state index in [9.17, 15) is 4.79 Å². The summed E-state index contributed by atoms with van der Waals surface area (Å²) in [6.07, 6.45) is 0. The van der Waals surface area contributed by atoms with Crippen LogP contribution in [0.2, 0.25) is 0 Å². The van der Waals surface area contributed by atoms with Crippen molar-refractivity contribution in [1.82, 2.24) is 5.32 Å². The van der Waals surface area contributed by atoms with Crippen LogP contribution in [0.3, 0.4) is 0 Å². The van der Waals surface area contributed by atoms with E-state index in [1.165, 1.54) is 7.11 Å². The van der Waals surface area contributed by atoms with E-state index < -0.39 is 5.97 Å². The number of hydrogen-bond donors (Lipinski definition) is 2. The molecule has 0 saturated heterocycles. The molecule has 0 heterocycles. The number of rotatable bonds is 2. The van der Waals surface area contributed by atoms with E-state index in [1.807, 2.05) is 0 Å². The first-order valence-corrected chi connectivity index (χ1v) is 3.34. The van der Waals surface area contributed by atoms with E-state index in [-0.39, 0.29) is 5.70 Å². The van der Waals surface area contributed by atoms with Gasteiger partial charge in [-0.1, -0.05) is 0 Å². The highest BCUT2D eigenvalue weighted by atomic mass is 79.9. The number of nitrogens with one attached hydrogen (secondary N) is 1. The lowest BCUT2D eigenvalue weighted by Gasteiger charge is -2.01. The Hall–Kier alpha value is -0.710. The Bertz CT molecular complexity index is 167. The van der Waals surface area contributed by atoms with Crippen molar-refractivity contribution in [2.24, 2.45) is 5.73 Å². The van der Waals surface area contributed by atoms with Crippen molar-refractivity contribution in [3.8, 4) is 0 Å². The maximum atomic E-state index is 10.6. The molecule has 0 aromatic heterocycles. The highest BCUT2D eigenvalue weighted by Crippen LogP contribution is 2.03. The van der Waals surface area contributed by atoms with Crippen molar-refractivity contribution >= 4 is 21.9 Å². The summed E-state index contributed by atoms with van der Waals surface area (Å²) in [4.78, 5) is 10.6. The Morgan fingerprint density at radius 3 is 2.50 bits per heavy atom. The van der Waals surface area contributed by atoms with Crippen molar-refractivity contribution in [1.29, 1.82) is 0 Å². The Morgan fingerprint density at radius 1 is 1.70 bits per heavy atom. The number of hydrogen-bond acceptors (Lipinski definition) is 4. The molecule has 4 nitrogen and oxygen atoms in total. The molecule has 0 rings (SSSR count). The highest BCUT2D eigenvalue weighted by molar-refractivity contribution is 9.11. The van der Waals surface area contributed by atoms with Gasteiger partial charge in [-0.15, -0.1) is 0 Å². The van der Waals surface area contributed by atoms with Gasteiger partial charge < -0.3 is 15.8 Å². The van der Waals surface area contributed by atoms with E-state index in [1.54, 1.807) is 7.05 Å². The molecule has 0 atom stereocenters. The summed E-state index contributed by atoms with van der Waals surface area (Å²) in [5.41, 5.74) is 5.31. The summed E-state index contributed by atoms with van der Waals surface area (Å²) in [5, 5.41) is 2.65. The van der Waals surface area contributed by atoms with E-state index in [2.05, 4.69) is 26.0 Å². The topological polar surface area (TPSA) is 64.3 Å². The van der Waals surface area contributed by atoms with Gasteiger partial charge in [0.05, 0.1) is 7.11 Å². The van der Waals surface area contributed by atoms with Crippen molar-refractivity contribution in [3.05, 3.63) is 10.3 Å². The molecule has 3 N–H and O–H groups in total. The van der Waals surface area contributed by atoms with Crippen molar-refractivity contribution in [3.63, 3.8) is 0 Å². The number of esters is 1. The van der Waals surface area contributed by atoms with Gasteiger partial charge in [-0.3, -0.25) is 0 Å². The second-order valence-electron chi connectivity index (χ2n) is 1.47. The highest BCUT2D eigenvalue weighted by Gasteiger charge is 2.07. The number of ether oxygens (including phenoxy) is 1. The molecular formula is C5H9BrN2O2. The fourth-order valence-corrected chi connectivity index (χ4v) is 0.496. The zero-order valence-electron chi connectivity index (χ0n) is 5.77. The largest absolute Gasteiger partial charge is 0.464 e. The maximum absolute atomic E-state index is 10.6. The molecule has 0 radical (unpaired) electrons. The van der Waals surface area contributed by atoms with Gasteiger partial charge in [0, 0.05) is 7.05 Å². The molecule has 0 amide bonds. The molecule has 10 heavy (non-hydrogen) atoms. The molecule has 0 aliphatic rings. The van der Waals surface area contributed by atoms with Crippen LogP contribution in [0.5, 0.6) is 0 Å². The van der Waals surface area contributed by atoms with Crippen LogP contribution >= 0.6 is 15.9 Å². The molecule has 0 aromatic rings. The van der Waals surface area contributed by atoms with Crippen LogP contribution < -0.4 is 11.1 Å². The summed E-state index contributed by atoms with van der Waals surface area (Å²) in [6.45, 7) is 0. The average molecular weight is 209 g/mol. The van der Waals surface area contributed by atoms with Crippen LogP contribution in [0.25, 0.3) is 0 Å². The van der Waals surface area contributed by atoms with Crippen LogP contribution in [0.4, 0.5) is 0 Å². The lowest BCUT2D eigenvalue weighted by molar-refractivity contribution is -0.136. The number of carbonyl (C=O) groups is 1. The van der Waals surface area contributed by atoms with E-state index in [0.717, 1.165) is 0 Å². The molecule has 0 fully saturated rings. The first-order chi connectivity index (χ1) is 4.63. The summed E-state index contributed by atoms with van der Waals surface area (Å²) in [6, 6.07) is 0. The van der Waals surface area contributed by atoms with E-state index in [4.69, 9.17) is 5.73 Å². The Kier molecular flexibility index (Phi) is 3.87. The molecule has 0 bridgehead atoms. The molecular weight excluding hydrogens is 200 g/mol. The SMILES string of the molecule is CN/C(Br)=C(\N)C(=O)OC. The maximum Gasteiger partial charge on any atom is 0.356 e. The zero-order chi connectivity index (χ0) is 8.15. The summed E-state index contributed by atoms with van der Waals surface area (Å²) >= 11 is 3.03. The molecule has 0 saturated carbocycles. The van der Waals surface area contributed by atoms with Crippen molar-refractivity contribution < 1.29 is 9.53 Å². The predicted molar refractivity (Wildman–Crippen MR) is 41.2 cm³/mol. The quantitative estimate of drug-likeness (QED) is 0.378. The van der Waals surface area contributed by atoms with Crippen molar-refractivity contribution in [2.75, 3.05) is 14.2 Å². The minimum atomic E-state index is -0.554. The summed E-state index contributed by atoms with van der Waals surface area (Å²) in [7, 11) is 2.91. The van der Waals surface area contributed by atoms with E-state index >= 15 is 0 Å². The second kappa shape index (κ2) is 4.16. The third kappa shape index (κ3) is 2.26. The van der Waals surface area contributed by atoms with Crippen LogP contribution in [0, 0.1) is 0 Å². The Morgan fingerprint density at radius 2 is 2.20 bits per heavy atom. The fraction of sp³-hybridized carbons (Fsp3) is 0.400. The smallest absolute Gasteiger partial charge is 0.356 e. The van der Waals surface area contributed by atoms with Gasteiger partial charge in [0.2, 0.25) is 0 Å². The summed E-state index contributed by atoms with van der Waals surface area (Å²) in [5.74, 6) is -0.554. The van der Waals surface area contributed by atoms with Gasteiger partial charge in [0.25, 0.3) is 0 Å². The second-order valence-corrected chi connectivity index (χ2v) is 2.26. The zero-order valence-corrected chi connectivity index (χ0v) is 7.36. The lowest BCUT2D eigenvalue weighted by Crippen LogP contribution is -2.18. The molecule has 0 aromatic carbocycles.